The SMILES string of the molecule is CC(C)(C)N1CCC(NC(=O)C2(N)CC2)CC1. The highest BCUT2D eigenvalue weighted by molar-refractivity contribution is 5.89. The Kier molecular flexibility index (Phi) is 3.21. The molecular weight excluding hydrogens is 214 g/mol. The fourth-order valence-corrected chi connectivity index (χ4v) is 2.39. The molecular formula is C13H25N3O. The molecule has 2 fully saturated rings. The molecule has 3 N–H and O–H groups in total. The first-order chi connectivity index (χ1) is 7.81. The second-order valence-corrected chi connectivity index (χ2v) is 6.56. The first kappa shape index (κ1) is 12.8. The van der Waals surface area contributed by atoms with E-state index >= 15 is 0 Å². The number of piperidine rings is 1. The number of nitrogens with one attached hydrogen (secondary N) is 1. The van der Waals surface area contributed by atoms with E-state index < -0.39 is 5.54 Å². The molecule has 0 radical (unpaired) electrons. The van der Waals surface area contributed by atoms with E-state index in [9.17, 15) is 4.79 Å². The molecule has 0 spiro atoms. The van der Waals surface area contributed by atoms with E-state index in [1.165, 1.54) is 0 Å². The monoisotopic (exact) mass is 239 g/mol. The lowest BCUT2D eigenvalue weighted by Gasteiger charge is -2.41. The first-order valence-corrected chi connectivity index (χ1v) is 6.66. The standard InChI is InChI=1S/C13H25N3O/c1-12(2,3)16-8-4-10(5-9-16)15-11(17)13(14)6-7-13/h10H,4-9,14H2,1-3H3,(H,15,17). The first-order valence-electron chi connectivity index (χ1n) is 6.66. The van der Waals surface area contributed by atoms with Crippen LogP contribution in [0.4, 0.5) is 0 Å². The number of nitrogens with two attached hydrogens (primary N) is 1. The van der Waals surface area contributed by atoms with Gasteiger partial charge in [-0.25, -0.2) is 0 Å². The van der Waals surface area contributed by atoms with Gasteiger partial charge < -0.3 is 11.1 Å². The molecule has 17 heavy (non-hydrogen) atoms. The van der Waals surface area contributed by atoms with Gasteiger partial charge in [-0.1, -0.05) is 0 Å². The lowest BCUT2D eigenvalue weighted by atomic mass is 9.98. The Morgan fingerprint density at radius 3 is 2.24 bits per heavy atom. The molecule has 1 saturated heterocycles. The van der Waals surface area contributed by atoms with E-state index in [0.29, 0.717) is 6.04 Å². The fraction of sp³-hybridized carbons (Fsp3) is 0.923. The largest absolute Gasteiger partial charge is 0.352 e. The van der Waals surface area contributed by atoms with Crippen molar-refractivity contribution >= 4 is 5.91 Å². The van der Waals surface area contributed by atoms with Crippen molar-refractivity contribution in [1.82, 2.24) is 10.2 Å². The molecule has 0 atom stereocenters. The third-order valence-corrected chi connectivity index (χ3v) is 4.02. The minimum atomic E-state index is -0.527. The van der Waals surface area contributed by atoms with Crippen LogP contribution in [0.25, 0.3) is 0 Å². The van der Waals surface area contributed by atoms with Crippen LogP contribution < -0.4 is 11.1 Å². The Balaban J connectivity index is 1.78. The lowest BCUT2D eigenvalue weighted by Crippen LogP contribution is -2.53. The van der Waals surface area contributed by atoms with E-state index in [1.807, 2.05) is 0 Å². The zero-order valence-electron chi connectivity index (χ0n) is 11.3. The third-order valence-electron chi connectivity index (χ3n) is 4.02. The highest BCUT2D eigenvalue weighted by Crippen LogP contribution is 2.32. The van der Waals surface area contributed by atoms with Gasteiger partial charge in [-0.2, -0.15) is 0 Å². The van der Waals surface area contributed by atoms with Crippen molar-refractivity contribution in [2.75, 3.05) is 13.1 Å². The van der Waals surface area contributed by atoms with Crippen LogP contribution in [0.3, 0.4) is 0 Å². The van der Waals surface area contributed by atoms with Crippen molar-refractivity contribution in [2.24, 2.45) is 5.73 Å². The number of hydrogen-bond donors (Lipinski definition) is 2. The molecule has 1 amide bonds. The number of likely N-dealkylation sites (tertiary alicyclic amines) is 1. The predicted molar refractivity (Wildman–Crippen MR) is 68.6 cm³/mol. The molecule has 0 bridgehead atoms. The van der Waals surface area contributed by atoms with Crippen molar-refractivity contribution in [2.45, 2.75) is 63.6 Å². The molecule has 1 aliphatic carbocycles. The van der Waals surface area contributed by atoms with Crippen molar-refractivity contribution in [3.05, 3.63) is 0 Å². The van der Waals surface area contributed by atoms with Crippen LogP contribution in [-0.2, 0) is 4.79 Å². The average Bonchev–Trinajstić information content (AvgIpc) is 2.97. The Labute approximate surface area is 104 Å². The van der Waals surface area contributed by atoms with E-state index in [-0.39, 0.29) is 11.4 Å². The van der Waals surface area contributed by atoms with E-state index in [2.05, 4.69) is 31.0 Å². The summed E-state index contributed by atoms with van der Waals surface area (Å²) >= 11 is 0. The summed E-state index contributed by atoms with van der Waals surface area (Å²) in [4.78, 5) is 14.3. The molecule has 0 aromatic carbocycles. The summed E-state index contributed by atoms with van der Waals surface area (Å²) in [5, 5.41) is 3.10. The highest BCUT2D eigenvalue weighted by atomic mass is 16.2. The minimum absolute atomic E-state index is 0.0618. The second-order valence-electron chi connectivity index (χ2n) is 6.56. The van der Waals surface area contributed by atoms with Crippen LogP contribution in [0.1, 0.15) is 46.5 Å². The number of rotatable bonds is 2. The molecule has 4 nitrogen and oxygen atoms in total. The number of amides is 1. The molecule has 0 aromatic heterocycles. The Morgan fingerprint density at radius 2 is 1.82 bits per heavy atom. The van der Waals surface area contributed by atoms with Crippen molar-refractivity contribution in [3.8, 4) is 0 Å². The number of nitrogens with zero attached hydrogens (tertiary/aromatic N) is 1. The number of carbonyl (C=O) groups is 1. The second kappa shape index (κ2) is 4.25. The van der Waals surface area contributed by atoms with E-state index in [0.717, 1.165) is 38.8 Å². The van der Waals surface area contributed by atoms with Crippen LogP contribution in [0.15, 0.2) is 0 Å². The Hall–Kier alpha value is -0.610. The molecule has 2 aliphatic rings. The predicted octanol–water partition coefficient (Wildman–Crippen LogP) is 0.857. The number of carbonyl (C=O) groups excluding carboxylic acids is 1. The summed E-state index contributed by atoms with van der Waals surface area (Å²) in [5.41, 5.74) is 5.59. The summed E-state index contributed by atoms with van der Waals surface area (Å²) in [6.07, 6.45) is 3.78. The maximum atomic E-state index is 11.8. The summed E-state index contributed by atoms with van der Waals surface area (Å²) in [7, 11) is 0. The molecule has 4 heteroatoms. The van der Waals surface area contributed by atoms with Gasteiger partial charge in [-0.05, 0) is 46.5 Å². The summed E-state index contributed by atoms with van der Waals surface area (Å²) < 4.78 is 0. The molecule has 1 heterocycles. The van der Waals surface area contributed by atoms with Crippen molar-refractivity contribution in [3.63, 3.8) is 0 Å². The molecule has 1 saturated carbocycles. The molecule has 0 aromatic rings. The normalized spacial score (nSPS) is 25.6. The van der Waals surface area contributed by atoms with Gasteiger partial charge in [0.05, 0.1) is 5.54 Å². The van der Waals surface area contributed by atoms with Gasteiger partial charge >= 0.3 is 0 Å². The van der Waals surface area contributed by atoms with Gasteiger partial charge in [0.1, 0.15) is 0 Å². The van der Waals surface area contributed by atoms with Crippen LogP contribution in [0, 0.1) is 0 Å². The van der Waals surface area contributed by atoms with Crippen molar-refractivity contribution in [1.29, 1.82) is 0 Å². The Bertz CT molecular complexity index is 296. The topological polar surface area (TPSA) is 58.4 Å². The van der Waals surface area contributed by atoms with Gasteiger partial charge in [0.15, 0.2) is 0 Å². The molecule has 0 unspecified atom stereocenters. The van der Waals surface area contributed by atoms with Gasteiger partial charge in [-0.3, -0.25) is 9.69 Å². The summed E-state index contributed by atoms with van der Waals surface area (Å²) in [5.74, 6) is 0.0618. The van der Waals surface area contributed by atoms with Gasteiger partial charge in [0.2, 0.25) is 5.91 Å². The summed E-state index contributed by atoms with van der Waals surface area (Å²) in [6, 6.07) is 0.321. The minimum Gasteiger partial charge on any atom is -0.352 e. The molecule has 1 aliphatic heterocycles. The van der Waals surface area contributed by atoms with Crippen LogP contribution >= 0.6 is 0 Å². The average molecular weight is 239 g/mol. The third kappa shape index (κ3) is 2.99. The molecule has 2 rings (SSSR count). The van der Waals surface area contributed by atoms with Crippen molar-refractivity contribution < 1.29 is 4.79 Å². The van der Waals surface area contributed by atoms with E-state index in [1.54, 1.807) is 0 Å². The van der Waals surface area contributed by atoms with Gasteiger partial charge in [0, 0.05) is 24.7 Å². The fourth-order valence-electron chi connectivity index (χ4n) is 2.39. The maximum Gasteiger partial charge on any atom is 0.240 e. The van der Waals surface area contributed by atoms with Crippen LogP contribution in [0.2, 0.25) is 0 Å². The zero-order valence-corrected chi connectivity index (χ0v) is 11.3. The number of hydrogen-bond acceptors (Lipinski definition) is 3. The quantitative estimate of drug-likeness (QED) is 0.751. The smallest absolute Gasteiger partial charge is 0.240 e. The maximum absolute atomic E-state index is 11.8. The van der Waals surface area contributed by atoms with E-state index in [4.69, 9.17) is 5.73 Å². The zero-order chi connectivity index (χ0) is 12.7. The lowest BCUT2D eigenvalue weighted by molar-refractivity contribution is -0.124. The summed E-state index contributed by atoms with van der Waals surface area (Å²) in [6.45, 7) is 8.85. The van der Waals surface area contributed by atoms with Gasteiger partial charge in [0.25, 0.3) is 0 Å². The van der Waals surface area contributed by atoms with Crippen LogP contribution in [0.5, 0.6) is 0 Å². The van der Waals surface area contributed by atoms with Gasteiger partial charge in [-0.15, -0.1) is 0 Å². The Morgan fingerprint density at radius 1 is 1.29 bits per heavy atom. The molecule has 98 valence electrons. The highest BCUT2D eigenvalue weighted by Gasteiger charge is 2.46. The van der Waals surface area contributed by atoms with Crippen LogP contribution in [-0.4, -0.2) is 41.0 Å².